The van der Waals surface area contributed by atoms with E-state index in [1.807, 2.05) is 0 Å². The molecule has 0 bridgehead atoms. The van der Waals surface area contributed by atoms with Gasteiger partial charge >= 0.3 is 0 Å². The van der Waals surface area contributed by atoms with E-state index in [1.54, 1.807) is 6.92 Å². The van der Waals surface area contributed by atoms with E-state index in [0.29, 0.717) is 6.42 Å². The molecule has 13 heteroatoms. The van der Waals surface area contributed by atoms with Crippen LogP contribution in [0.4, 0.5) is 0 Å². The summed E-state index contributed by atoms with van der Waals surface area (Å²) in [7, 11) is 0. The van der Waals surface area contributed by atoms with Crippen LogP contribution in [0.1, 0.15) is 104 Å². The highest BCUT2D eigenvalue weighted by Gasteiger charge is 2.53. The van der Waals surface area contributed by atoms with Crippen molar-refractivity contribution in [3.05, 3.63) is 0 Å². The van der Waals surface area contributed by atoms with Gasteiger partial charge < -0.3 is 65.5 Å². The van der Waals surface area contributed by atoms with Crippen LogP contribution in [0.3, 0.4) is 0 Å². The minimum Gasteiger partial charge on any atom is -0.395 e. The average Bonchev–Trinajstić information content (AvgIpc) is 3.04. The summed E-state index contributed by atoms with van der Waals surface area (Å²) in [5, 5.41) is 96.2. The third-order valence-electron chi connectivity index (χ3n) is 9.53. The van der Waals surface area contributed by atoms with Crippen LogP contribution in [0.5, 0.6) is 0 Å². The second-order valence-corrected chi connectivity index (χ2v) is 12.9. The Labute approximate surface area is 268 Å². The first kappa shape index (κ1) is 40.7. The van der Waals surface area contributed by atoms with Gasteiger partial charge in [-0.3, -0.25) is 0 Å². The molecule has 13 nitrogen and oxygen atoms in total. The summed E-state index contributed by atoms with van der Waals surface area (Å²) in [6.07, 6.45) is 0.548. The zero-order chi connectivity index (χ0) is 33.4. The first-order valence-corrected chi connectivity index (χ1v) is 17.2. The minimum atomic E-state index is -1.72. The molecule has 0 aromatic rings. The van der Waals surface area contributed by atoms with Crippen LogP contribution >= 0.6 is 0 Å². The molecule has 0 aromatic carbocycles. The molecule has 0 aromatic heterocycles. The number of ether oxygens (including phenoxy) is 3. The number of hydrogen-bond donors (Lipinski definition) is 10. The van der Waals surface area contributed by atoms with Gasteiger partial charge in [0.2, 0.25) is 0 Å². The van der Waals surface area contributed by atoms with Crippen molar-refractivity contribution in [1.29, 1.82) is 0 Å². The van der Waals surface area contributed by atoms with Crippen LogP contribution in [0.15, 0.2) is 0 Å². The first-order valence-electron chi connectivity index (χ1n) is 17.2. The van der Waals surface area contributed by atoms with Gasteiger partial charge in [-0.05, 0) is 12.8 Å². The molecule has 268 valence electrons. The predicted octanol–water partition coefficient (Wildman–Crippen LogP) is -0.164. The Kier molecular flexibility index (Phi) is 19.4. The zero-order valence-corrected chi connectivity index (χ0v) is 27.3. The molecule has 2 saturated heterocycles. The lowest BCUT2D eigenvalue weighted by atomic mass is 9.84. The third kappa shape index (κ3) is 12.1. The Morgan fingerprint density at radius 3 is 1.91 bits per heavy atom. The fraction of sp³-hybridized carbons (Fsp3) is 1.00. The summed E-state index contributed by atoms with van der Waals surface area (Å²) in [6.45, 7) is 2.47. The van der Waals surface area contributed by atoms with Gasteiger partial charge in [0.15, 0.2) is 6.29 Å². The van der Waals surface area contributed by atoms with Gasteiger partial charge in [0.1, 0.15) is 48.3 Å². The molecule has 0 radical (unpaired) electrons. The van der Waals surface area contributed by atoms with Crippen molar-refractivity contribution in [3.8, 4) is 0 Å². The van der Waals surface area contributed by atoms with Crippen molar-refractivity contribution >= 4 is 0 Å². The molecule has 0 saturated carbocycles. The van der Waals surface area contributed by atoms with E-state index >= 15 is 0 Å². The summed E-state index contributed by atoms with van der Waals surface area (Å²) in [6, 6.07) is -0.923. The van der Waals surface area contributed by atoms with E-state index in [0.717, 1.165) is 25.7 Å². The lowest BCUT2D eigenvalue weighted by Crippen LogP contribution is -2.68. The number of unbranched alkanes of at least 4 members (excludes halogenated alkanes) is 11. The normalized spacial score (nSPS) is 34.5. The molecule has 0 spiro atoms. The maximum absolute atomic E-state index is 11.3. The van der Waals surface area contributed by atoms with Crippen LogP contribution in [-0.2, 0) is 14.2 Å². The van der Waals surface area contributed by atoms with E-state index in [9.17, 15) is 46.0 Å². The fourth-order valence-corrected chi connectivity index (χ4v) is 6.26. The van der Waals surface area contributed by atoms with Gasteiger partial charge in [0.05, 0.1) is 38.1 Å². The fourth-order valence-electron chi connectivity index (χ4n) is 6.26. The van der Waals surface area contributed by atoms with E-state index < -0.39 is 86.1 Å². The van der Waals surface area contributed by atoms with Crippen LogP contribution < -0.4 is 5.32 Å². The zero-order valence-electron chi connectivity index (χ0n) is 27.3. The summed E-state index contributed by atoms with van der Waals surface area (Å²) in [5.74, 6) is 0. The highest BCUT2D eigenvalue weighted by Crippen LogP contribution is 2.33. The number of rotatable bonds is 23. The van der Waals surface area contributed by atoms with Crippen molar-refractivity contribution in [2.24, 2.45) is 0 Å². The third-order valence-corrected chi connectivity index (χ3v) is 9.53. The molecule has 2 fully saturated rings. The Morgan fingerprint density at radius 1 is 0.800 bits per heavy atom. The van der Waals surface area contributed by atoms with Gasteiger partial charge in [0, 0.05) is 6.54 Å². The van der Waals surface area contributed by atoms with Crippen molar-refractivity contribution in [2.75, 3.05) is 26.4 Å². The number of aliphatic hydroxyl groups is 9. The van der Waals surface area contributed by atoms with Crippen molar-refractivity contribution in [2.45, 2.75) is 177 Å². The number of nitrogens with one attached hydrogen (secondary N) is 1. The first-order chi connectivity index (χ1) is 21.6. The predicted molar refractivity (Wildman–Crippen MR) is 166 cm³/mol. The molecule has 1 unspecified atom stereocenters. The van der Waals surface area contributed by atoms with Crippen LogP contribution in [0.2, 0.25) is 0 Å². The van der Waals surface area contributed by atoms with E-state index in [-0.39, 0.29) is 19.6 Å². The quantitative estimate of drug-likeness (QED) is 0.0649. The average molecular weight is 654 g/mol. The smallest absolute Gasteiger partial charge is 0.187 e. The summed E-state index contributed by atoms with van der Waals surface area (Å²) < 4.78 is 16.9. The van der Waals surface area contributed by atoms with Crippen LogP contribution in [0, 0.1) is 0 Å². The molecule has 0 aliphatic carbocycles. The standard InChI is InChI=1S/C32H63NO12/c1-3-5-6-7-8-9-10-11-12-13-14-15-16-22(36)25(38)21(17-34)33-20-32(4-2)30(42)29(23(37)19-43-32)45-31-28(41)27(40)26(39)24(18-35)44-31/h21-31,33-42H,3-20H2,1-2H3/t21-,22+,23+,24+,25-,26+,27-,28+,29+,30-,31+,32?/m0/s1. The maximum Gasteiger partial charge on any atom is 0.187 e. The van der Waals surface area contributed by atoms with Gasteiger partial charge in [-0.25, -0.2) is 0 Å². The molecule has 0 amide bonds. The van der Waals surface area contributed by atoms with Crippen LogP contribution in [0.25, 0.3) is 0 Å². The largest absolute Gasteiger partial charge is 0.395 e. The molecule has 2 aliphatic rings. The number of hydrogen-bond acceptors (Lipinski definition) is 13. The lowest BCUT2D eigenvalue weighted by Gasteiger charge is -2.49. The monoisotopic (exact) mass is 653 g/mol. The Bertz CT molecular complexity index is 766. The van der Waals surface area contributed by atoms with E-state index in [1.165, 1.54) is 51.4 Å². The molecule has 10 N–H and O–H groups in total. The topological polar surface area (TPSA) is 222 Å². The summed E-state index contributed by atoms with van der Waals surface area (Å²) >= 11 is 0. The molecule has 2 heterocycles. The van der Waals surface area contributed by atoms with E-state index in [4.69, 9.17) is 14.2 Å². The van der Waals surface area contributed by atoms with E-state index in [2.05, 4.69) is 12.2 Å². The van der Waals surface area contributed by atoms with Gasteiger partial charge in [-0.1, -0.05) is 90.9 Å². The Balaban J connectivity index is 1.82. The summed E-state index contributed by atoms with van der Waals surface area (Å²) in [5.41, 5.74) is -1.36. The Morgan fingerprint density at radius 2 is 1.38 bits per heavy atom. The van der Waals surface area contributed by atoms with Crippen LogP contribution in [-0.4, -0.2) is 145 Å². The number of aliphatic hydroxyl groups excluding tert-OH is 9. The molecular weight excluding hydrogens is 590 g/mol. The molecule has 2 rings (SSSR count). The van der Waals surface area contributed by atoms with Gasteiger partial charge in [0.25, 0.3) is 0 Å². The molecule has 2 aliphatic heterocycles. The summed E-state index contributed by atoms with van der Waals surface area (Å²) in [4.78, 5) is 0. The highest BCUT2D eigenvalue weighted by molar-refractivity contribution is 5.02. The second-order valence-electron chi connectivity index (χ2n) is 12.9. The lowest BCUT2D eigenvalue weighted by molar-refractivity contribution is -0.343. The highest BCUT2D eigenvalue weighted by atomic mass is 16.7. The molecule has 12 atom stereocenters. The van der Waals surface area contributed by atoms with Crippen molar-refractivity contribution < 1.29 is 60.2 Å². The minimum absolute atomic E-state index is 0.0838. The molecular formula is C32H63NO12. The Hall–Kier alpha value is -0.520. The van der Waals surface area contributed by atoms with Crippen molar-refractivity contribution in [1.82, 2.24) is 5.32 Å². The SMILES string of the molecule is CCCCCCCCCCCCCC[C@@H](O)[C@@H](O)[C@H](CO)NCC1(CC)OC[C@@H](O)[C@@H](O[C@H]2O[C@H](CO)[C@@H](O)[C@H](O)[C@H]2O)[C@@H]1O. The second kappa shape index (κ2) is 21.5. The van der Waals surface area contributed by atoms with Gasteiger partial charge in [-0.15, -0.1) is 0 Å². The molecule has 45 heavy (non-hydrogen) atoms. The maximum atomic E-state index is 11.3. The van der Waals surface area contributed by atoms with Gasteiger partial charge in [-0.2, -0.15) is 0 Å². The van der Waals surface area contributed by atoms with Crippen molar-refractivity contribution in [3.63, 3.8) is 0 Å².